The van der Waals surface area contributed by atoms with E-state index >= 15 is 0 Å². The molecule has 2 heteroatoms. The number of carbonyl (C=O) groups excluding carboxylic acids is 1. The Labute approximate surface area is 119 Å². The van der Waals surface area contributed by atoms with Gasteiger partial charge in [0.1, 0.15) is 0 Å². The van der Waals surface area contributed by atoms with Gasteiger partial charge in [-0.05, 0) is 29.9 Å². The average molecular weight is 265 g/mol. The van der Waals surface area contributed by atoms with Crippen molar-refractivity contribution in [3.05, 3.63) is 70.8 Å². The molecule has 0 atom stereocenters. The molecule has 2 N–H and O–H groups in total. The second-order valence-electron chi connectivity index (χ2n) is 5.45. The van der Waals surface area contributed by atoms with Crippen LogP contribution < -0.4 is 5.73 Å². The van der Waals surface area contributed by atoms with E-state index in [9.17, 15) is 4.79 Å². The van der Waals surface area contributed by atoms with Crippen LogP contribution in [0.4, 0.5) is 0 Å². The van der Waals surface area contributed by atoms with Gasteiger partial charge in [-0.25, -0.2) is 0 Å². The molecule has 0 bridgehead atoms. The van der Waals surface area contributed by atoms with Crippen LogP contribution in [0.1, 0.15) is 52.2 Å². The van der Waals surface area contributed by atoms with E-state index in [4.69, 9.17) is 5.73 Å². The summed E-state index contributed by atoms with van der Waals surface area (Å²) in [6, 6.07) is 15.6. The minimum atomic E-state index is 0.121. The van der Waals surface area contributed by atoms with Gasteiger partial charge in [0.25, 0.3) is 0 Å². The van der Waals surface area contributed by atoms with Crippen LogP contribution in [-0.2, 0) is 6.54 Å². The van der Waals surface area contributed by atoms with E-state index in [1.807, 2.05) is 42.5 Å². The molecule has 0 heterocycles. The molecule has 0 saturated heterocycles. The number of ketones is 1. The van der Waals surface area contributed by atoms with E-state index in [0.29, 0.717) is 12.5 Å². The summed E-state index contributed by atoms with van der Waals surface area (Å²) < 4.78 is 0. The van der Waals surface area contributed by atoms with Crippen molar-refractivity contribution in [2.75, 3.05) is 0 Å². The first-order chi connectivity index (χ1) is 9.79. The predicted octanol–water partition coefficient (Wildman–Crippen LogP) is 3.64. The van der Waals surface area contributed by atoms with Gasteiger partial charge < -0.3 is 5.73 Å². The highest BCUT2D eigenvalue weighted by Gasteiger charge is 2.24. The van der Waals surface area contributed by atoms with Gasteiger partial charge in [0, 0.05) is 17.7 Å². The molecular formula is C18H19NO. The minimum absolute atomic E-state index is 0.121. The maximum Gasteiger partial charge on any atom is 0.193 e. The second-order valence-corrected chi connectivity index (χ2v) is 5.45. The van der Waals surface area contributed by atoms with Crippen molar-refractivity contribution in [2.45, 2.75) is 31.7 Å². The highest BCUT2D eigenvalue weighted by Crippen LogP contribution is 2.38. The Morgan fingerprint density at radius 2 is 1.75 bits per heavy atom. The molecule has 0 spiro atoms. The highest BCUT2D eigenvalue weighted by molar-refractivity contribution is 6.10. The third kappa shape index (κ3) is 2.39. The molecule has 1 saturated carbocycles. The fourth-order valence-corrected chi connectivity index (χ4v) is 2.73. The van der Waals surface area contributed by atoms with Gasteiger partial charge >= 0.3 is 0 Å². The molecule has 1 aliphatic carbocycles. The molecule has 2 nitrogen and oxygen atoms in total. The van der Waals surface area contributed by atoms with E-state index in [1.54, 1.807) is 0 Å². The summed E-state index contributed by atoms with van der Waals surface area (Å²) in [5.74, 6) is 0.689. The molecular weight excluding hydrogens is 246 g/mol. The smallest absolute Gasteiger partial charge is 0.193 e. The predicted molar refractivity (Wildman–Crippen MR) is 80.8 cm³/mol. The fraction of sp³-hybridized carbons (Fsp3) is 0.278. The fourth-order valence-electron chi connectivity index (χ4n) is 2.73. The van der Waals surface area contributed by atoms with E-state index in [2.05, 4.69) is 6.07 Å². The number of hydrogen-bond acceptors (Lipinski definition) is 2. The van der Waals surface area contributed by atoms with Gasteiger partial charge in [-0.15, -0.1) is 0 Å². The van der Waals surface area contributed by atoms with Gasteiger partial charge in [-0.2, -0.15) is 0 Å². The standard InChI is InChI=1S/C18H19NO/c19-12-13-8-10-15(11-9-13)18(20)17-7-2-1-6-16(17)14-4-3-5-14/h1-2,6-11,14H,3-5,12,19H2. The molecule has 2 aromatic carbocycles. The number of carbonyl (C=O) groups is 1. The van der Waals surface area contributed by atoms with Gasteiger partial charge in [0.05, 0.1) is 0 Å². The van der Waals surface area contributed by atoms with Crippen LogP contribution in [0.25, 0.3) is 0 Å². The third-order valence-corrected chi connectivity index (χ3v) is 4.20. The van der Waals surface area contributed by atoms with E-state index in [1.165, 1.54) is 24.8 Å². The lowest BCUT2D eigenvalue weighted by atomic mass is 9.77. The van der Waals surface area contributed by atoms with E-state index < -0.39 is 0 Å². The minimum Gasteiger partial charge on any atom is -0.326 e. The Morgan fingerprint density at radius 1 is 1.05 bits per heavy atom. The quantitative estimate of drug-likeness (QED) is 0.858. The topological polar surface area (TPSA) is 43.1 Å². The SMILES string of the molecule is NCc1ccc(C(=O)c2ccccc2C2CCC2)cc1. The summed E-state index contributed by atoms with van der Waals surface area (Å²) in [4.78, 5) is 12.7. The number of rotatable bonds is 4. The molecule has 2 aromatic rings. The summed E-state index contributed by atoms with van der Waals surface area (Å²) in [6.07, 6.45) is 3.69. The number of benzene rings is 2. The molecule has 3 rings (SSSR count). The normalized spacial score (nSPS) is 14.8. The van der Waals surface area contributed by atoms with E-state index in [-0.39, 0.29) is 5.78 Å². The molecule has 102 valence electrons. The molecule has 1 aliphatic rings. The van der Waals surface area contributed by atoms with Crippen molar-refractivity contribution in [3.63, 3.8) is 0 Å². The molecule has 0 radical (unpaired) electrons. The van der Waals surface area contributed by atoms with Gasteiger partial charge in [-0.3, -0.25) is 4.79 Å². The lowest BCUT2D eigenvalue weighted by molar-refractivity contribution is 0.103. The summed E-state index contributed by atoms with van der Waals surface area (Å²) in [6.45, 7) is 0.507. The summed E-state index contributed by atoms with van der Waals surface area (Å²) in [5, 5.41) is 0. The van der Waals surface area contributed by atoms with Gasteiger partial charge in [0.2, 0.25) is 0 Å². The summed E-state index contributed by atoms with van der Waals surface area (Å²) in [5.41, 5.74) is 9.46. The largest absolute Gasteiger partial charge is 0.326 e. The monoisotopic (exact) mass is 265 g/mol. The Morgan fingerprint density at radius 3 is 2.35 bits per heavy atom. The lowest BCUT2D eigenvalue weighted by Gasteiger charge is -2.27. The zero-order chi connectivity index (χ0) is 13.9. The van der Waals surface area contributed by atoms with Gasteiger partial charge in [0.15, 0.2) is 5.78 Å². The second kappa shape index (κ2) is 5.59. The van der Waals surface area contributed by atoms with Crippen molar-refractivity contribution in [1.82, 2.24) is 0 Å². The van der Waals surface area contributed by atoms with Crippen LogP contribution in [0.2, 0.25) is 0 Å². The van der Waals surface area contributed by atoms with Crippen molar-refractivity contribution < 1.29 is 4.79 Å². The van der Waals surface area contributed by atoms with Crippen LogP contribution >= 0.6 is 0 Å². The van der Waals surface area contributed by atoms with Crippen molar-refractivity contribution in [3.8, 4) is 0 Å². The summed E-state index contributed by atoms with van der Waals surface area (Å²) >= 11 is 0. The lowest BCUT2D eigenvalue weighted by Crippen LogP contribution is -2.14. The highest BCUT2D eigenvalue weighted by atomic mass is 16.1. The Balaban J connectivity index is 1.93. The van der Waals surface area contributed by atoms with Gasteiger partial charge in [-0.1, -0.05) is 55.0 Å². The van der Waals surface area contributed by atoms with E-state index in [0.717, 1.165) is 16.7 Å². The van der Waals surface area contributed by atoms with Crippen molar-refractivity contribution in [2.24, 2.45) is 5.73 Å². The molecule has 0 amide bonds. The molecule has 20 heavy (non-hydrogen) atoms. The van der Waals surface area contributed by atoms with Crippen LogP contribution in [-0.4, -0.2) is 5.78 Å². The first-order valence-electron chi connectivity index (χ1n) is 7.22. The van der Waals surface area contributed by atoms with Crippen molar-refractivity contribution >= 4 is 5.78 Å². The Hall–Kier alpha value is -1.93. The number of hydrogen-bond donors (Lipinski definition) is 1. The van der Waals surface area contributed by atoms with Crippen molar-refractivity contribution in [1.29, 1.82) is 0 Å². The van der Waals surface area contributed by atoms with Crippen LogP contribution in [0.3, 0.4) is 0 Å². The maximum absolute atomic E-state index is 12.7. The first kappa shape index (κ1) is 13.1. The molecule has 0 unspecified atom stereocenters. The summed E-state index contributed by atoms with van der Waals surface area (Å²) in [7, 11) is 0. The Bertz CT molecular complexity index is 612. The first-order valence-corrected chi connectivity index (χ1v) is 7.22. The average Bonchev–Trinajstić information content (AvgIpc) is 2.45. The third-order valence-electron chi connectivity index (χ3n) is 4.20. The van der Waals surface area contributed by atoms with Crippen LogP contribution in [0.5, 0.6) is 0 Å². The molecule has 1 fully saturated rings. The molecule has 0 aliphatic heterocycles. The zero-order valence-corrected chi connectivity index (χ0v) is 11.5. The Kier molecular flexibility index (Phi) is 3.66. The van der Waals surface area contributed by atoms with Crippen LogP contribution in [0, 0.1) is 0 Å². The number of nitrogens with two attached hydrogens (primary N) is 1. The van der Waals surface area contributed by atoms with Crippen LogP contribution in [0.15, 0.2) is 48.5 Å². The maximum atomic E-state index is 12.7. The molecule has 0 aromatic heterocycles. The zero-order valence-electron chi connectivity index (χ0n) is 11.5.